The summed E-state index contributed by atoms with van der Waals surface area (Å²) >= 11 is 0. The van der Waals surface area contributed by atoms with Gasteiger partial charge in [0.2, 0.25) is 0 Å². The normalized spacial score (nSPS) is 25.0. The number of carbonyl (C=O) groups excluding carboxylic acids is 1. The average Bonchev–Trinajstić information content (AvgIpc) is 2.50. The highest BCUT2D eigenvalue weighted by atomic mass is 16.5. The monoisotopic (exact) mass is 288 g/mol. The van der Waals surface area contributed by atoms with Crippen molar-refractivity contribution in [3.63, 3.8) is 0 Å². The van der Waals surface area contributed by atoms with Crippen molar-refractivity contribution in [2.45, 2.75) is 45.1 Å². The van der Waals surface area contributed by atoms with Crippen molar-refractivity contribution in [3.05, 3.63) is 34.9 Å². The fraction of sp³-hybridized carbons (Fsp3) is 0.611. The SMILES string of the molecule is Cc1cccc(C(=O)C2CCOC3(CCOCC3)C2)c1C. The Balaban J connectivity index is 1.79. The third-order valence-electron chi connectivity index (χ3n) is 5.14. The maximum absolute atomic E-state index is 12.9. The van der Waals surface area contributed by atoms with Crippen LogP contribution in [0, 0.1) is 19.8 Å². The second-order valence-corrected chi connectivity index (χ2v) is 6.45. The predicted octanol–water partition coefficient (Wildman–Crippen LogP) is 3.46. The molecule has 3 rings (SSSR count). The molecule has 21 heavy (non-hydrogen) atoms. The minimum atomic E-state index is -0.117. The van der Waals surface area contributed by atoms with Gasteiger partial charge in [0.05, 0.1) is 5.60 Å². The van der Waals surface area contributed by atoms with Crippen LogP contribution >= 0.6 is 0 Å². The molecule has 3 heteroatoms. The summed E-state index contributed by atoms with van der Waals surface area (Å²) < 4.78 is 11.5. The number of Topliss-reactive ketones (excluding diaryl/α,β-unsaturated/α-hetero) is 1. The molecule has 0 bridgehead atoms. The number of benzene rings is 1. The van der Waals surface area contributed by atoms with E-state index in [2.05, 4.69) is 13.0 Å². The topological polar surface area (TPSA) is 35.5 Å². The Kier molecular flexibility index (Phi) is 4.14. The molecule has 1 aromatic carbocycles. The zero-order chi connectivity index (χ0) is 14.9. The van der Waals surface area contributed by atoms with E-state index in [0.29, 0.717) is 12.4 Å². The highest BCUT2D eigenvalue weighted by Gasteiger charge is 2.41. The van der Waals surface area contributed by atoms with Crippen LogP contribution in [0.3, 0.4) is 0 Å². The summed E-state index contributed by atoms with van der Waals surface area (Å²) in [5.41, 5.74) is 3.09. The second kappa shape index (κ2) is 5.90. The Morgan fingerprint density at radius 3 is 2.71 bits per heavy atom. The molecule has 0 aliphatic carbocycles. The first kappa shape index (κ1) is 14.7. The summed E-state index contributed by atoms with van der Waals surface area (Å²) in [6.07, 6.45) is 3.53. The quantitative estimate of drug-likeness (QED) is 0.782. The Labute approximate surface area is 126 Å². The van der Waals surface area contributed by atoms with E-state index < -0.39 is 0 Å². The van der Waals surface area contributed by atoms with Gasteiger partial charge in [0.15, 0.2) is 5.78 Å². The maximum Gasteiger partial charge on any atom is 0.166 e. The average molecular weight is 288 g/mol. The lowest BCUT2D eigenvalue weighted by Gasteiger charge is -2.43. The summed E-state index contributed by atoms with van der Waals surface area (Å²) in [6.45, 7) is 6.32. The molecule has 0 aromatic heterocycles. The van der Waals surface area contributed by atoms with Crippen molar-refractivity contribution in [1.29, 1.82) is 0 Å². The molecule has 114 valence electrons. The van der Waals surface area contributed by atoms with Gasteiger partial charge >= 0.3 is 0 Å². The predicted molar refractivity (Wildman–Crippen MR) is 81.7 cm³/mol. The van der Waals surface area contributed by atoms with Crippen molar-refractivity contribution in [1.82, 2.24) is 0 Å². The van der Waals surface area contributed by atoms with Gasteiger partial charge in [0, 0.05) is 31.3 Å². The first-order valence-corrected chi connectivity index (χ1v) is 7.93. The van der Waals surface area contributed by atoms with E-state index in [1.165, 1.54) is 5.56 Å². The van der Waals surface area contributed by atoms with E-state index >= 15 is 0 Å². The van der Waals surface area contributed by atoms with Gasteiger partial charge in [-0.15, -0.1) is 0 Å². The van der Waals surface area contributed by atoms with Crippen molar-refractivity contribution < 1.29 is 14.3 Å². The Morgan fingerprint density at radius 1 is 1.19 bits per heavy atom. The smallest absolute Gasteiger partial charge is 0.166 e. The molecule has 2 aliphatic rings. The number of rotatable bonds is 2. The molecule has 2 saturated heterocycles. The number of hydrogen-bond acceptors (Lipinski definition) is 3. The lowest BCUT2D eigenvalue weighted by Crippen LogP contribution is -2.46. The van der Waals surface area contributed by atoms with Gasteiger partial charge in [0.1, 0.15) is 0 Å². The molecule has 0 amide bonds. The van der Waals surface area contributed by atoms with E-state index in [1.54, 1.807) is 0 Å². The van der Waals surface area contributed by atoms with E-state index in [1.807, 2.05) is 19.1 Å². The minimum absolute atomic E-state index is 0.0948. The second-order valence-electron chi connectivity index (χ2n) is 6.45. The Bertz CT molecular complexity index is 524. The fourth-order valence-corrected chi connectivity index (χ4v) is 3.58. The van der Waals surface area contributed by atoms with Crippen molar-refractivity contribution in [2.24, 2.45) is 5.92 Å². The minimum Gasteiger partial charge on any atom is -0.381 e. The van der Waals surface area contributed by atoms with Gasteiger partial charge in [-0.1, -0.05) is 18.2 Å². The van der Waals surface area contributed by atoms with Crippen LogP contribution in [0.4, 0.5) is 0 Å². The van der Waals surface area contributed by atoms with Gasteiger partial charge in [-0.2, -0.15) is 0 Å². The van der Waals surface area contributed by atoms with E-state index in [0.717, 1.165) is 50.0 Å². The summed E-state index contributed by atoms with van der Waals surface area (Å²) in [4.78, 5) is 12.9. The standard InChI is InChI=1S/C18H24O3/c1-13-4-3-5-16(14(13)2)17(19)15-6-9-21-18(12-15)7-10-20-11-8-18/h3-5,15H,6-12H2,1-2H3. The molecule has 2 heterocycles. The van der Waals surface area contributed by atoms with Crippen molar-refractivity contribution in [3.8, 4) is 0 Å². The molecule has 2 fully saturated rings. The Morgan fingerprint density at radius 2 is 1.95 bits per heavy atom. The lowest BCUT2D eigenvalue weighted by molar-refractivity contribution is -0.142. The molecule has 1 unspecified atom stereocenters. The number of ketones is 1. The lowest BCUT2D eigenvalue weighted by atomic mass is 9.77. The van der Waals surface area contributed by atoms with Crippen LogP contribution in [0.5, 0.6) is 0 Å². The number of aryl methyl sites for hydroxylation is 1. The maximum atomic E-state index is 12.9. The fourth-order valence-electron chi connectivity index (χ4n) is 3.58. The Hall–Kier alpha value is -1.19. The van der Waals surface area contributed by atoms with E-state index in [9.17, 15) is 4.79 Å². The van der Waals surface area contributed by atoms with Gasteiger partial charge in [-0.05, 0) is 50.7 Å². The highest BCUT2D eigenvalue weighted by Crippen LogP contribution is 2.38. The summed E-state index contributed by atoms with van der Waals surface area (Å²) in [5.74, 6) is 0.391. The van der Waals surface area contributed by atoms with Gasteiger partial charge < -0.3 is 9.47 Å². The van der Waals surface area contributed by atoms with E-state index in [-0.39, 0.29) is 11.5 Å². The molecule has 0 radical (unpaired) electrons. The first-order chi connectivity index (χ1) is 10.1. The van der Waals surface area contributed by atoms with Crippen LogP contribution < -0.4 is 0 Å². The summed E-state index contributed by atoms with van der Waals surface area (Å²) in [6, 6.07) is 6.02. The van der Waals surface area contributed by atoms with Crippen molar-refractivity contribution >= 4 is 5.78 Å². The van der Waals surface area contributed by atoms with Gasteiger partial charge in [0.25, 0.3) is 0 Å². The third-order valence-corrected chi connectivity index (χ3v) is 5.14. The molecule has 0 saturated carbocycles. The molecule has 3 nitrogen and oxygen atoms in total. The first-order valence-electron chi connectivity index (χ1n) is 7.93. The van der Waals surface area contributed by atoms with E-state index in [4.69, 9.17) is 9.47 Å². The van der Waals surface area contributed by atoms with Gasteiger partial charge in [-0.3, -0.25) is 4.79 Å². The molecular weight excluding hydrogens is 264 g/mol. The molecule has 1 atom stereocenters. The zero-order valence-corrected chi connectivity index (χ0v) is 13.0. The largest absolute Gasteiger partial charge is 0.381 e. The van der Waals surface area contributed by atoms with Crippen molar-refractivity contribution in [2.75, 3.05) is 19.8 Å². The van der Waals surface area contributed by atoms with Crippen LogP contribution in [0.2, 0.25) is 0 Å². The van der Waals surface area contributed by atoms with Crippen LogP contribution in [-0.2, 0) is 9.47 Å². The summed E-state index contributed by atoms with van der Waals surface area (Å²) in [7, 11) is 0. The molecule has 2 aliphatic heterocycles. The zero-order valence-electron chi connectivity index (χ0n) is 13.0. The van der Waals surface area contributed by atoms with Crippen LogP contribution in [-0.4, -0.2) is 31.2 Å². The molecular formula is C18H24O3. The molecule has 1 aromatic rings. The third kappa shape index (κ3) is 2.90. The summed E-state index contributed by atoms with van der Waals surface area (Å²) in [5, 5.41) is 0. The van der Waals surface area contributed by atoms with Gasteiger partial charge in [-0.25, -0.2) is 0 Å². The molecule has 0 N–H and O–H groups in total. The van der Waals surface area contributed by atoms with Crippen LogP contribution in [0.25, 0.3) is 0 Å². The number of hydrogen-bond donors (Lipinski definition) is 0. The number of ether oxygens (including phenoxy) is 2. The van der Waals surface area contributed by atoms with Crippen LogP contribution in [0.1, 0.15) is 47.2 Å². The molecule has 1 spiro atoms. The highest BCUT2D eigenvalue weighted by molar-refractivity contribution is 5.99. The number of carbonyl (C=O) groups is 1. The van der Waals surface area contributed by atoms with Crippen LogP contribution in [0.15, 0.2) is 18.2 Å².